The molecule has 3 nitrogen and oxygen atoms in total. The Labute approximate surface area is 182 Å². The first-order chi connectivity index (χ1) is 14.7. The number of fused-ring (bicyclic) bond motifs is 2. The Morgan fingerprint density at radius 2 is 1.43 bits per heavy atom. The van der Waals surface area contributed by atoms with Crippen LogP contribution in [-0.4, -0.2) is 9.55 Å². The molecule has 0 unspecified atom stereocenters. The molecular weight excluding hydrogens is 436 g/mol. The second kappa shape index (κ2) is 7.73. The van der Waals surface area contributed by atoms with Crippen molar-refractivity contribution >= 4 is 49.8 Å². The first kappa shape index (κ1) is 18.5. The highest BCUT2D eigenvalue weighted by atomic mass is 79.9. The van der Waals surface area contributed by atoms with Gasteiger partial charge in [0.15, 0.2) is 0 Å². The Morgan fingerprint density at radius 3 is 2.27 bits per heavy atom. The third-order valence-electron chi connectivity index (χ3n) is 5.10. The quantitative estimate of drug-likeness (QED) is 0.314. The van der Waals surface area contributed by atoms with E-state index in [1.807, 2.05) is 91.0 Å². The fraction of sp³-hybridized carbons (Fsp3) is 0. The molecule has 5 rings (SSSR count). The van der Waals surface area contributed by atoms with E-state index >= 15 is 0 Å². The predicted molar refractivity (Wildman–Crippen MR) is 128 cm³/mol. The number of nitrogens with zero attached hydrogens (tertiary/aromatic N) is 2. The molecule has 0 aliphatic carbocycles. The van der Waals surface area contributed by atoms with Crippen molar-refractivity contribution < 1.29 is 0 Å². The van der Waals surface area contributed by atoms with Crippen LogP contribution >= 0.6 is 15.9 Å². The van der Waals surface area contributed by atoms with E-state index in [4.69, 9.17) is 4.98 Å². The lowest BCUT2D eigenvalue weighted by Gasteiger charge is -2.14. The van der Waals surface area contributed by atoms with E-state index in [-0.39, 0.29) is 5.56 Å². The van der Waals surface area contributed by atoms with E-state index < -0.39 is 0 Å². The molecule has 4 aromatic carbocycles. The smallest absolute Gasteiger partial charge is 0.266 e. The maximum absolute atomic E-state index is 13.5. The van der Waals surface area contributed by atoms with Crippen LogP contribution in [0.1, 0.15) is 11.4 Å². The highest BCUT2D eigenvalue weighted by Gasteiger charge is 2.13. The number of aromatic nitrogens is 2. The lowest BCUT2D eigenvalue weighted by atomic mass is 10.1. The molecule has 0 fully saturated rings. The van der Waals surface area contributed by atoms with Crippen molar-refractivity contribution in [2.24, 2.45) is 0 Å². The summed E-state index contributed by atoms with van der Waals surface area (Å²) < 4.78 is 2.73. The summed E-state index contributed by atoms with van der Waals surface area (Å²) in [4.78, 5) is 18.4. The zero-order valence-corrected chi connectivity index (χ0v) is 17.6. The molecule has 5 aromatic rings. The third-order valence-corrected chi connectivity index (χ3v) is 5.63. The summed E-state index contributed by atoms with van der Waals surface area (Å²) in [5.74, 6) is 0.595. The zero-order chi connectivity index (χ0) is 20.5. The molecule has 1 aromatic heterocycles. The van der Waals surface area contributed by atoms with Gasteiger partial charge in [0.25, 0.3) is 5.56 Å². The van der Waals surface area contributed by atoms with E-state index in [0.717, 1.165) is 26.5 Å². The zero-order valence-electron chi connectivity index (χ0n) is 16.0. The average Bonchev–Trinajstić information content (AvgIpc) is 2.79. The molecule has 0 radical (unpaired) electrons. The van der Waals surface area contributed by atoms with Crippen LogP contribution in [0.5, 0.6) is 0 Å². The molecule has 0 saturated carbocycles. The van der Waals surface area contributed by atoms with Crippen LogP contribution in [0.25, 0.3) is 39.5 Å². The van der Waals surface area contributed by atoms with Crippen LogP contribution in [0, 0.1) is 0 Å². The van der Waals surface area contributed by atoms with Gasteiger partial charge < -0.3 is 0 Å². The van der Waals surface area contributed by atoms with Gasteiger partial charge in [0, 0.05) is 9.86 Å². The Kier molecular flexibility index (Phi) is 4.77. The van der Waals surface area contributed by atoms with E-state index in [0.29, 0.717) is 16.7 Å². The molecule has 0 saturated heterocycles. The highest BCUT2D eigenvalue weighted by molar-refractivity contribution is 9.10. The predicted octanol–water partition coefficient (Wildman–Crippen LogP) is 6.47. The molecule has 0 N–H and O–H groups in total. The number of rotatable bonds is 3. The van der Waals surface area contributed by atoms with Crippen molar-refractivity contribution in [2.45, 2.75) is 0 Å². The maximum Gasteiger partial charge on any atom is 0.266 e. The lowest BCUT2D eigenvalue weighted by Crippen LogP contribution is -2.22. The SMILES string of the molecule is O=c1c2ccccc2nc(/C=C/c2ccc(Br)cc2)n1-c1cccc2ccccc12. The molecule has 0 atom stereocenters. The van der Waals surface area contributed by atoms with Crippen LogP contribution in [0.4, 0.5) is 0 Å². The highest BCUT2D eigenvalue weighted by Crippen LogP contribution is 2.24. The Hall–Kier alpha value is -3.50. The maximum atomic E-state index is 13.5. The monoisotopic (exact) mass is 452 g/mol. The lowest BCUT2D eigenvalue weighted by molar-refractivity contribution is 0.952. The van der Waals surface area contributed by atoms with E-state index in [9.17, 15) is 4.79 Å². The summed E-state index contributed by atoms with van der Waals surface area (Å²) in [5.41, 5.74) is 2.47. The second-order valence-electron chi connectivity index (χ2n) is 7.01. The molecule has 30 heavy (non-hydrogen) atoms. The second-order valence-corrected chi connectivity index (χ2v) is 7.93. The first-order valence-corrected chi connectivity index (χ1v) is 10.4. The fourth-order valence-electron chi connectivity index (χ4n) is 3.64. The van der Waals surface area contributed by atoms with Gasteiger partial charge in [-0.3, -0.25) is 9.36 Å². The third kappa shape index (κ3) is 3.36. The van der Waals surface area contributed by atoms with Gasteiger partial charge in [-0.25, -0.2) is 4.98 Å². The minimum Gasteiger partial charge on any atom is -0.268 e. The Morgan fingerprint density at radius 1 is 0.733 bits per heavy atom. The number of halogens is 1. The van der Waals surface area contributed by atoms with E-state index in [2.05, 4.69) is 28.1 Å². The molecular formula is C26H17BrN2O. The normalized spacial score (nSPS) is 11.5. The van der Waals surface area contributed by atoms with Crippen molar-refractivity contribution in [1.29, 1.82) is 0 Å². The van der Waals surface area contributed by atoms with Gasteiger partial charge in [-0.2, -0.15) is 0 Å². The summed E-state index contributed by atoms with van der Waals surface area (Å²) in [6.45, 7) is 0. The summed E-state index contributed by atoms with van der Waals surface area (Å²) in [5, 5.41) is 2.70. The number of para-hydroxylation sites is 1. The van der Waals surface area contributed by atoms with Crippen molar-refractivity contribution in [3.05, 3.63) is 117 Å². The number of hydrogen-bond acceptors (Lipinski definition) is 2. The summed E-state index contributed by atoms with van der Waals surface area (Å²) >= 11 is 3.46. The minimum absolute atomic E-state index is 0.0765. The van der Waals surface area contributed by atoms with Crippen LogP contribution in [0.3, 0.4) is 0 Å². The summed E-state index contributed by atoms with van der Waals surface area (Å²) in [7, 11) is 0. The minimum atomic E-state index is -0.0765. The molecule has 0 spiro atoms. The molecule has 0 aliphatic rings. The van der Waals surface area contributed by atoms with Crippen molar-refractivity contribution in [1.82, 2.24) is 9.55 Å². The van der Waals surface area contributed by atoms with Gasteiger partial charge >= 0.3 is 0 Å². The van der Waals surface area contributed by atoms with Crippen LogP contribution in [0.15, 0.2) is 100 Å². The van der Waals surface area contributed by atoms with Crippen molar-refractivity contribution in [2.75, 3.05) is 0 Å². The Bertz CT molecular complexity index is 1460. The van der Waals surface area contributed by atoms with E-state index in [1.165, 1.54) is 0 Å². The number of hydrogen-bond donors (Lipinski definition) is 0. The van der Waals surface area contributed by atoms with Gasteiger partial charge in [0.05, 0.1) is 16.6 Å². The standard InChI is InChI=1S/C26H17BrN2O/c27-20-15-12-18(13-16-20)14-17-25-28-23-10-4-3-9-22(23)26(30)29(25)24-11-5-7-19-6-1-2-8-21(19)24/h1-17H/b17-14+. The topological polar surface area (TPSA) is 34.9 Å². The first-order valence-electron chi connectivity index (χ1n) is 9.64. The fourth-order valence-corrected chi connectivity index (χ4v) is 3.91. The van der Waals surface area contributed by atoms with Crippen LogP contribution in [-0.2, 0) is 0 Å². The molecule has 0 aliphatic heterocycles. The Balaban J connectivity index is 1.79. The van der Waals surface area contributed by atoms with Crippen molar-refractivity contribution in [3.63, 3.8) is 0 Å². The van der Waals surface area contributed by atoms with Gasteiger partial charge in [-0.05, 0) is 47.4 Å². The van der Waals surface area contributed by atoms with Crippen molar-refractivity contribution in [3.8, 4) is 5.69 Å². The summed E-state index contributed by atoms with van der Waals surface area (Å²) in [6.07, 6.45) is 3.88. The molecule has 144 valence electrons. The van der Waals surface area contributed by atoms with Crippen LogP contribution < -0.4 is 5.56 Å². The van der Waals surface area contributed by atoms with E-state index in [1.54, 1.807) is 4.57 Å². The molecule has 0 bridgehead atoms. The number of benzene rings is 4. The largest absolute Gasteiger partial charge is 0.268 e. The molecule has 1 heterocycles. The average molecular weight is 453 g/mol. The van der Waals surface area contributed by atoms with Crippen LogP contribution in [0.2, 0.25) is 0 Å². The summed E-state index contributed by atoms with van der Waals surface area (Å²) in [6, 6.07) is 29.6. The molecule has 0 amide bonds. The molecule has 4 heteroatoms. The van der Waals surface area contributed by atoms with Gasteiger partial charge in [-0.15, -0.1) is 0 Å². The van der Waals surface area contributed by atoms with Gasteiger partial charge in [-0.1, -0.05) is 82.7 Å². The van der Waals surface area contributed by atoms with Gasteiger partial charge in [0.2, 0.25) is 0 Å². The van der Waals surface area contributed by atoms with Gasteiger partial charge in [0.1, 0.15) is 5.82 Å².